The number of aromatic nitrogens is 2. The van der Waals surface area contributed by atoms with Crippen molar-refractivity contribution < 1.29 is 9.21 Å². The number of anilines is 1. The van der Waals surface area contributed by atoms with Crippen molar-refractivity contribution in [2.45, 2.75) is 20.4 Å². The first-order chi connectivity index (χ1) is 17.5. The maximum absolute atomic E-state index is 14.0. The molecule has 0 N–H and O–H groups in total. The second-order valence-corrected chi connectivity index (χ2v) is 9.80. The quantitative estimate of drug-likeness (QED) is 0.210. The molecule has 0 bridgehead atoms. The maximum Gasteiger partial charge on any atom is 0.349 e. The van der Waals surface area contributed by atoms with E-state index >= 15 is 0 Å². The van der Waals surface area contributed by atoms with Crippen LogP contribution in [0, 0.1) is 13.8 Å². The average molecular weight is 492 g/mol. The Bertz CT molecular complexity index is 1840. The van der Waals surface area contributed by atoms with Crippen LogP contribution in [-0.2, 0) is 6.54 Å². The molecule has 3 aromatic carbocycles. The van der Waals surface area contributed by atoms with Crippen LogP contribution in [-0.4, -0.2) is 15.9 Å². The maximum atomic E-state index is 14.0. The highest BCUT2D eigenvalue weighted by molar-refractivity contribution is 7.22. The molecule has 0 saturated heterocycles. The molecule has 176 valence electrons. The van der Waals surface area contributed by atoms with Gasteiger partial charge in [-0.15, -0.1) is 0 Å². The van der Waals surface area contributed by atoms with Crippen molar-refractivity contribution in [2.24, 2.45) is 0 Å². The number of nitrogens with zero attached hydrogens (tertiary/aromatic N) is 3. The first-order valence-corrected chi connectivity index (χ1v) is 12.3. The van der Waals surface area contributed by atoms with Gasteiger partial charge in [0.05, 0.1) is 16.8 Å². The van der Waals surface area contributed by atoms with Gasteiger partial charge < -0.3 is 4.42 Å². The summed E-state index contributed by atoms with van der Waals surface area (Å²) in [6, 6.07) is 20.9. The Kier molecular flexibility index (Phi) is 5.34. The number of fused-ring (bicyclic) bond motifs is 4. The molecule has 0 aliphatic rings. The van der Waals surface area contributed by atoms with E-state index in [-0.39, 0.29) is 12.1 Å². The van der Waals surface area contributed by atoms with Crippen LogP contribution in [0.3, 0.4) is 0 Å². The first kappa shape index (κ1) is 22.1. The molecular weight excluding hydrogens is 470 g/mol. The molecule has 0 saturated carbocycles. The lowest BCUT2D eigenvalue weighted by Crippen LogP contribution is -2.33. The van der Waals surface area contributed by atoms with Crippen LogP contribution in [0.15, 0.2) is 88.3 Å². The van der Waals surface area contributed by atoms with E-state index < -0.39 is 11.5 Å². The Morgan fingerprint density at radius 2 is 1.86 bits per heavy atom. The Labute approximate surface area is 210 Å². The fourth-order valence-corrected chi connectivity index (χ4v) is 5.56. The normalized spacial score (nSPS) is 11.4. The number of amides is 1. The van der Waals surface area contributed by atoms with E-state index in [4.69, 9.17) is 9.40 Å². The van der Waals surface area contributed by atoms with Crippen molar-refractivity contribution in [1.82, 2.24) is 9.97 Å². The minimum atomic E-state index is -0.674. The molecular formula is C29H21N3O3S. The second-order valence-electron chi connectivity index (χ2n) is 8.83. The molecule has 0 aliphatic heterocycles. The number of hydrogen-bond donors (Lipinski definition) is 0. The first-order valence-electron chi connectivity index (χ1n) is 11.5. The zero-order valence-corrected chi connectivity index (χ0v) is 20.5. The van der Waals surface area contributed by atoms with Crippen molar-refractivity contribution in [3.05, 3.63) is 112 Å². The number of pyridine rings is 1. The molecule has 3 aromatic heterocycles. The van der Waals surface area contributed by atoms with Crippen molar-refractivity contribution in [3.63, 3.8) is 0 Å². The summed E-state index contributed by atoms with van der Waals surface area (Å²) in [6.45, 7) is 4.28. The number of carbonyl (C=O) groups is 1. The molecule has 6 rings (SSSR count). The lowest BCUT2D eigenvalue weighted by atomic mass is 10.0. The zero-order valence-electron chi connectivity index (χ0n) is 19.7. The van der Waals surface area contributed by atoms with E-state index in [0.717, 1.165) is 37.7 Å². The minimum Gasteiger partial charge on any atom is -0.422 e. The minimum absolute atomic E-state index is 0.0325. The van der Waals surface area contributed by atoms with Crippen molar-refractivity contribution >= 4 is 54.3 Å². The van der Waals surface area contributed by atoms with E-state index in [1.54, 1.807) is 29.4 Å². The lowest BCUT2D eigenvalue weighted by molar-refractivity contribution is 0.0981. The summed E-state index contributed by atoms with van der Waals surface area (Å²) < 4.78 is 6.63. The molecule has 7 heteroatoms. The monoisotopic (exact) mass is 491 g/mol. The topological polar surface area (TPSA) is 76.3 Å². The molecule has 0 fully saturated rings. The highest BCUT2D eigenvalue weighted by Crippen LogP contribution is 2.34. The van der Waals surface area contributed by atoms with Crippen LogP contribution in [0.25, 0.3) is 32.0 Å². The Morgan fingerprint density at radius 3 is 2.69 bits per heavy atom. The van der Waals surface area contributed by atoms with Crippen LogP contribution >= 0.6 is 11.3 Å². The van der Waals surface area contributed by atoms with Crippen molar-refractivity contribution in [2.75, 3.05) is 4.90 Å². The molecule has 1 amide bonds. The average Bonchev–Trinajstić information content (AvgIpc) is 3.31. The van der Waals surface area contributed by atoms with Gasteiger partial charge in [0.15, 0.2) is 5.13 Å². The van der Waals surface area contributed by atoms with Crippen LogP contribution in [0.5, 0.6) is 0 Å². The fraction of sp³-hybridized carbons (Fsp3) is 0.103. The smallest absolute Gasteiger partial charge is 0.349 e. The van der Waals surface area contributed by atoms with Crippen LogP contribution < -0.4 is 10.5 Å². The zero-order chi connectivity index (χ0) is 24.8. The Hall–Kier alpha value is -4.36. The molecule has 36 heavy (non-hydrogen) atoms. The van der Waals surface area contributed by atoms with Gasteiger partial charge in [-0.1, -0.05) is 53.8 Å². The predicted octanol–water partition coefficient (Wildman–Crippen LogP) is 6.41. The van der Waals surface area contributed by atoms with Gasteiger partial charge in [0, 0.05) is 17.8 Å². The summed E-state index contributed by atoms with van der Waals surface area (Å²) in [4.78, 5) is 37.5. The highest BCUT2D eigenvalue weighted by Gasteiger charge is 2.26. The van der Waals surface area contributed by atoms with Gasteiger partial charge in [-0.05, 0) is 65.6 Å². The third kappa shape index (κ3) is 3.83. The van der Waals surface area contributed by atoms with E-state index in [0.29, 0.717) is 16.1 Å². The summed E-state index contributed by atoms with van der Waals surface area (Å²) in [5, 5.41) is 3.15. The molecule has 6 nitrogen and oxygen atoms in total. The summed E-state index contributed by atoms with van der Waals surface area (Å²) in [5.74, 6) is -0.462. The lowest BCUT2D eigenvalue weighted by Gasteiger charge is -2.19. The van der Waals surface area contributed by atoms with Gasteiger partial charge in [0.1, 0.15) is 11.1 Å². The fourth-order valence-electron chi connectivity index (χ4n) is 4.55. The van der Waals surface area contributed by atoms with Gasteiger partial charge in [-0.25, -0.2) is 9.78 Å². The predicted molar refractivity (Wildman–Crippen MR) is 144 cm³/mol. The number of hydrogen-bond acceptors (Lipinski definition) is 6. The third-order valence-corrected chi connectivity index (χ3v) is 7.45. The molecule has 0 atom stereocenters. The van der Waals surface area contributed by atoms with Crippen molar-refractivity contribution in [1.29, 1.82) is 0 Å². The second kappa shape index (κ2) is 8.70. The number of benzene rings is 3. The summed E-state index contributed by atoms with van der Waals surface area (Å²) in [7, 11) is 0. The number of carbonyl (C=O) groups excluding carboxylic acids is 1. The van der Waals surface area contributed by atoms with E-state index in [1.807, 2.05) is 62.4 Å². The van der Waals surface area contributed by atoms with E-state index in [1.165, 1.54) is 11.3 Å². The SMILES string of the molecule is Cc1cc(C)c2sc(N(Cc3cccnc3)C(=O)c3cc4c(ccc5ccccc54)oc3=O)nc2c1. The Morgan fingerprint density at radius 1 is 1.00 bits per heavy atom. The molecule has 3 heterocycles. The third-order valence-electron chi connectivity index (χ3n) is 6.22. The standard InChI is InChI=1S/C29H21N3O3S/c1-17-12-18(2)26-24(13-17)31-29(36-26)32(16-19-6-5-11-30-15-19)27(33)23-14-22-21-8-4-3-7-20(21)9-10-25(22)35-28(23)34/h3-15H,16H2,1-2H3. The van der Waals surface area contributed by atoms with Gasteiger partial charge >= 0.3 is 5.63 Å². The largest absolute Gasteiger partial charge is 0.422 e. The van der Waals surface area contributed by atoms with Gasteiger partial charge in [0.2, 0.25) is 0 Å². The number of aryl methyl sites for hydroxylation is 2. The molecule has 0 aliphatic carbocycles. The van der Waals surface area contributed by atoms with Crippen LogP contribution in [0.2, 0.25) is 0 Å². The van der Waals surface area contributed by atoms with Gasteiger partial charge in [-0.2, -0.15) is 0 Å². The van der Waals surface area contributed by atoms with Gasteiger partial charge in [-0.3, -0.25) is 14.7 Å². The number of rotatable bonds is 4. The summed E-state index contributed by atoms with van der Waals surface area (Å²) in [6.07, 6.45) is 3.39. The molecule has 0 spiro atoms. The highest BCUT2D eigenvalue weighted by atomic mass is 32.1. The van der Waals surface area contributed by atoms with Crippen molar-refractivity contribution in [3.8, 4) is 0 Å². The van der Waals surface area contributed by atoms with E-state index in [2.05, 4.69) is 11.1 Å². The molecule has 6 aromatic rings. The van der Waals surface area contributed by atoms with Crippen LogP contribution in [0.4, 0.5) is 5.13 Å². The Balaban J connectivity index is 1.53. The van der Waals surface area contributed by atoms with Crippen LogP contribution in [0.1, 0.15) is 27.0 Å². The number of thiazole rings is 1. The van der Waals surface area contributed by atoms with E-state index in [9.17, 15) is 9.59 Å². The summed E-state index contributed by atoms with van der Waals surface area (Å²) in [5.41, 5.74) is 3.59. The summed E-state index contributed by atoms with van der Waals surface area (Å²) >= 11 is 1.44. The molecule has 0 unspecified atom stereocenters. The molecule has 0 radical (unpaired) electrons. The van der Waals surface area contributed by atoms with Gasteiger partial charge in [0.25, 0.3) is 5.91 Å².